The second-order valence-corrected chi connectivity index (χ2v) is 3.72. The zero-order valence-corrected chi connectivity index (χ0v) is 9.74. The van der Waals surface area contributed by atoms with Gasteiger partial charge in [0.25, 0.3) is 0 Å². The van der Waals surface area contributed by atoms with Gasteiger partial charge in [0.2, 0.25) is 0 Å². The van der Waals surface area contributed by atoms with E-state index >= 15 is 0 Å². The van der Waals surface area contributed by atoms with Gasteiger partial charge in [0.05, 0.1) is 19.1 Å². The van der Waals surface area contributed by atoms with E-state index in [1.165, 1.54) is 7.11 Å². The van der Waals surface area contributed by atoms with Gasteiger partial charge in [-0.05, 0) is 12.8 Å². The fourth-order valence-corrected chi connectivity index (χ4v) is 1.55. The number of unbranched alkanes of at least 4 members (excludes halogenated alkanes) is 2. The van der Waals surface area contributed by atoms with Crippen LogP contribution < -0.4 is 0 Å². The molecule has 0 saturated carbocycles. The predicted octanol–water partition coefficient (Wildman–Crippen LogP) is 2.29. The molecule has 0 aliphatic heterocycles. The SMILES string of the molecule is C=CC[C@H](C(=O)OC)[C@@H](O)CCCCC. The summed E-state index contributed by atoms with van der Waals surface area (Å²) in [6.45, 7) is 5.68. The number of carbonyl (C=O) groups excluding carboxylic acids is 1. The van der Waals surface area contributed by atoms with Gasteiger partial charge in [-0.2, -0.15) is 0 Å². The molecule has 0 bridgehead atoms. The molecule has 3 heteroatoms. The average molecular weight is 214 g/mol. The molecule has 0 aromatic carbocycles. The highest BCUT2D eigenvalue weighted by atomic mass is 16.5. The molecule has 0 radical (unpaired) electrons. The van der Waals surface area contributed by atoms with Crippen molar-refractivity contribution < 1.29 is 14.6 Å². The zero-order chi connectivity index (χ0) is 11.7. The molecule has 1 N–H and O–H groups in total. The summed E-state index contributed by atoms with van der Waals surface area (Å²) in [5.74, 6) is -0.803. The van der Waals surface area contributed by atoms with Crippen molar-refractivity contribution in [1.82, 2.24) is 0 Å². The molecule has 0 aromatic rings. The van der Waals surface area contributed by atoms with Crippen molar-refractivity contribution in [3.05, 3.63) is 12.7 Å². The summed E-state index contributed by atoms with van der Waals surface area (Å²) < 4.78 is 4.65. The molecule has 0 fully saturated rings. The van der Waals surface area contributed by atoms with Gasteiger partial charge in [0.1, 0.15) is 0 Å². The predicted molar refractivity (Wildman–Crippen MR) is 60.5 cm³/mol. The van der Waals surface area contributed by atoms with E-state index in [1.807, 2.05) is 0 Å². The van der Waals surface area contributed by atoms with Gasteiger partial charge in [-0.1, -0.05) is 32.3 Å². The molecule has 0 unspecified atom stereocenters. The quantitative estimate of drug-likeness (QED) is 0.383. The summed E-state index contributed by atoms with van der Waals surface area (Å²) in [6, 6.07) is 0. The van der Waals surface area contributed by atoms with Gasteiger partial charge in [0.15, 0.2) is 0 Å². The van der Waals surface area contributed by atoms with E-state index in [0.29, 0.717) is 12.8 Å². The molecule has 15 heavy (non-hydrogen) atoms. The molecule has 0 saturated heterocycles. The van der Waals surface area contributed by atoms with Crippen LogP contribution in [0.3, 0.4) is 0 Å². The molecule has 0 aliphatic rings. The fraction of sp³-hybridized carbons (Fsp3) is 0.750. The number of carbonyl (C=O) groups is 1. The molecular formula is C12H22O3. The first-order valence-electron chi connectivity index (χ1n) is 5.54. The second kappa shape index (κ2) is 8.48. The van der Waals surface area contributed by atoms with Crippen LogP contribution in [0.2, 0.25) is 0 Å². The van der Waals surface area contributed by atoms with Crippen molar-refractivity contribution in [3.8, 4) is 0 Å². The molecule has 2 atom stereocenters. The number of methoxy groups -OCH3 is 1. The van der Waals surface area contributed by atoms with Gasteiger partial charge < -0.3 is 9.84 Å². The van der Waals surface area contributed by atoms with Crippen LogP contribution in [0, 0.1) is 5.92 Å². The van der Waals surface area contributed by atoms with Crippen molar-refractivity contribution >= 4 is 5.97 Å². The first-order chi connectivity index (χ1) is 7.17. The standard InChI is InChI=1S/C12H22O3/c1-4-6-7-9-11(13)10(8-5-2)12(14)15-3/h5,10-11,13H,2,4,6-9H2,1,3H3/t10-,11-/m0/s1. The number of ether oxygens (including phenoxy) is 1. The third-order valence-corrected chi connectivity index (χ3v) is 2.49. The molecular weight excluding hydrogens is 192 g/mol. The molecule has 0 heterocycles. The van der Waals surface area contributed by atoms with E-state index in [2.05, 4.69) is 18.2 Å². The summed E-state index contributed by atoms with van der Waals surface area (Å²) in [6.07, 6.45) is 5.30. The Morgan fingerprint density at radius 2 is 2.20 bits per heavy atom. The van der Waals surface area contributed by atoms with Crippen LogP contribution in [0.15, 0.2) is 12.7 Å². The minimum Gasteiger partial charge on any atom is -0.469 e. The third-order valence-electron chi connectivity index (χ3n) is 2.49. The van der Waals surface area contributed by atoms with Crippen LogP contribution in [0.25, 0.3) is 0 Å². The number of hydrogen-bond acceptors (Lipinski definition) is 3. The van der Waals surface area contributed by atoms with Crippen LogP contribution in [0.5, 0.6) is 0 Å². The van der Waals surface area contributed by atoms with Gasteiger partial charge in [-0.15, -0.1) is 6.58 Å². The third kappa shape index (κ3) is 5.57. The van der Waals surface area contributed by atoms with E-state index in [4.69, 9.17) is 0 Å². The zero-order valence-electron chi connectivity index (χ0n) is 9.74. The summed E-state index contributed by atoms with van der Waals surface area (Å²) in [7, 11) is 1.34. The Kier molecular flexibility index (Phi) is 8.01. The van der Waals surface area contributed by atoms with Crippen molar-refractivity contribution in [2.24, 2.45) is 5.92 Å². The number of aliphatic hydroxyl groups excluding tert-OH is 1. The van der Waals surface area contributed by atoms with Gasteiger partial charge in [0, 0.05) is 0 Å². The first kappa shape index (κ1) is 14.2. The highest BCUT2D eigenvalue weighted by Gasteiger charge is 2.25. The van der Waals surface area contributed by atoms with Gasteiger partial charge in [-0.3, -0.25) is 4.79 Å². The summed E-state index contributed by atoms with van der Waals surface area (Å²) >= 11 is 0. The number of allylic oxidation sites excluding steroid dienone is 1. The van der Waals surface area contributed by atoms with Crippen LogP contribution >= 0.6 is 0 Å². The van der Waals surface area contributed by atoms with E-state index in [9.17, 15) is 9.90 Å². The van der Waals surface area contributed by atoms with Crippen LogP contribution in [-0.2, 0) is 9.53 Å². The van der Waals surface area contributed by atoms with Crippen molar-refractivity contribution in [1.29, 1.82) is 0 Å². The van der Waals surface area contributed by atoms with Crippen LogP contribution in [0.1, 0.15) is 39.0 Å². The molecule has 88 valence electrons. The van der Waals surface area contributed by atoms with E-state index in [-0.39, 0.29) is 5.97 Å². The lowest BCUT2D eigenvalue weighted by molar-refractivity contribution is -0.149. The average Bonchev–Trinajstić information content (AvgIpc) is 2.25. The van der Waals surface area contributed by atoms with Gasteiger partial charge >= 0.3 is 5.97 Å². The monoisotopic (exact) mass is 214 g/mol. The first-order valence-corrected chi connectivity index (χ1v) is 5.54. The smallest absolute Gasteiger partial charge is 0.311 e. The number of esters is 1. The Morgan fingerprint density at radius 3 is 2.67 bits per heavy atom. The lowest BCUT2D eigenvalue weighted by Gasteiger charge is -2.19. The Balaban J connectivity index is 4.09. The summed E-state index contributed by atoms with van der Waals surface area (Å²) in [5.41, 5.74) is 0. The normalized spacial score (nSPS) is 14.3. The largest absolute Gasteiger partial charge is 0.469 e. The van der Waals surface area contributed by atoms with E-state index < -0.39 is 12.0 Å². The maximum Gasteiger partial charge on any atom is 0.311 e. The summed E-state index contributed by atoms with van der Waals surface area (Å²) in [4.78, 5) is 11.3. The second-order valence-electron chi connectivity index (χ2n) is 3.72. The number of hydrogen-bond donors (Lipinski definition) is 1. The Bertz CT molecular complexity index is 189. The minimum absolute atomic E-state index is 0.348. The Morgan fingerprint density at radius 1 is 1.53 bits per heavy atom. The van der Waals surface area contributed by atoms with Crippen molar-refractivity contribution in [2.75, 3.05) is 7.11 Å². The molecule has 0 rings (SSSR count). The molecule has 0 amide bonds. The molecule has 0 spiro atoms. The molecule has 0 aliphatic carbocycles. The molecule has 0 aromatic heterocycles. The van der Waals surface area contributed by atoms with E-state index in [1.54, 1.807) is 6.08 Å². The lowest BCUT2D eigenvalue weighted by atomic mass is 9.94. The van der Waals surface area contributed by atoms with Crippen LogP contribution in [-0.4, -0.2) is 24.3 Å². The summed E-state index contributed by atoms with van der Waals surface area (Å²) in [5, 5.41) is 9.82. The topological polar surface area (TPSA) is 46.5 Å². The Hall–Kier alpha value is -0.830. The van der Waals surface area contributed by atoms with E-state index in [0.717, 1.165) is 19.3 Å². The lowest BCUT2D eigenvalue weighted by Crippen LogP contribution is -2.28. The highest BCUT2D eigenvalue weighted by molar-refractivity contribution is 5.73. The van der Waals surface area contributed by atoms with Crippen molar-refractivity contribution in [3.63, 3.8) is 0 Å². The number of aliphatic hydroxyl groups is 1. The maximum absolute atomic E-state index is 11.3. The maximum atomic E-state index is 11.3. The minimum atomic E-state index is -0.609. The van der Waals surface area contributed by atoms with Gasteiger partial charge in [-0.25, -0.2) is 0 Å². The highest BCUT2D eigenvalue weighted by Crippen LogP contribution is 2.17. The Labute approximate surface area is 92.1 Å². The van der Waals surface area contributed by atoms with Crippen molar-refractivity contribution in [2.45, 2.75) is 45.1 Å². The fourth-order valence-electron chi connectivity index (χ4n) is 1.55. The van der Waals surface area contributed by atoms with Crippen LogP contribution in [0.4, 0.5) is 0 Å². The number of rotatable bonds is 8. The molecule has 3 nitrogen and oxygen atoms in total.